The van der Waals surface area contributed by atoms with Gasteiger partial charge < -0.3 is 16.0 Å². The SMILES string of the molecule is CNc1cc(NCC(=O)NC(C)(C)C)nc(C(C)(C)C)n1. The van der Waals surface area contributed by atoms with Gasteiger partial charge in [-0.2, -0.15) is 0 Å². The smallest absolute Gasteiger partial charge is 0.239 e. The highest BCUT2D eigenvalue weighted by molar-refractivity contribution is 5.81. The molecule has 6 heteroatoms. The van der Waals surface area contributed by atoms with Crippen molar-refractivity contribution < 1.29 is 4.79 Å². The number of nitrogens with one attached hydrogen (secondary N) is 3. The Hall–Kier alpha value is -1.85. The zero-order valence-electron chi connectivity index (χ0n) is 14.1. The van der Waals surface area contributed by atoms with Gasteiger partial charge in [0.15, 0.2) is 0 Å². The minimum absolute atomic E-state index is 0.0653. The second-order valence-corrected chi connectivity index (χ2v) is 7.11. The molecule has 0 aliphatic heterocycles. The van der Waals surface area contributed by atoms with E-state index < -0.39 is 0 Å². The summed E-state index contributed by atoms with van der Waals surface area (Å²) in [5, 5.41) is 8.97. The van der Waals surface area contributed by atoms with Crippen LogP contribution < -0.4 is 16.0 Å². The third-order valence-electron chi connectivity index (χ3n) is 2.60. The van der Waals surface area contributed by atoms with Gasteiger partial charge in [-0.1, -0.05) is 20.8 Å². The summed E-state index contributed by atoms with van der Waals surface area (Å²) in [5.74, 6) is 2.04. The summed E-state index contributed by atoms with van der Waals surface area (Å²) in [6.07, 6.45) is 0. The Balaban J connectivity index is 2.82. The lowest BCUT2D eigenvalue weighted by atomic mass is 9.96. The molecule has 3 N–H and O–H groups in total. The molecule has 1 aromatic heterocycles. The lowest BCUT2D eigenvalue weighted by molar-refractivity contribution is -0.120. The van der Waals surface area contributed by atoms with Crippen LogP contribution in [0.5, 0.6) is 0 Å². The quantitative estimate of drug-likeness (QED) is 0.792. The predicted octanol–water partition coefficient (Wildman–Crippen LogP) is 2.14. The number of hydrogen-bond donors (Lipinski definition) is 3. The van der Waals surface area contributed by atoms with Crippen molar-refractivity contribution in [3.63, 3.8) is 0 Å². The van der Waals surface area contributed by atoms with Crippen molar-refractivity contribution in [3.8, 4) is 0 Å². The molecule has 0 saturated heterocycles. The molecule has 118 valence electrons. The van der Waals surface area contributed by atoms with E-state index >= 15 is 0 Å². The van der Waals surface area contributed by atoms with E-state index in [1.165, 1.54) is 0 Å². The lowest BCUT2D eigenvalue weighted by Crippen LogP contribution is -2.43. The standard InChI is InChI=1S/C15H27N5O/c1-14(2,3)13-18-10(16-7)8-11(19-13)17-9-12(21)20-15(4,5)6/h8H,9H2,1-7H3,(H,20,21)(H2,16,17,18,19). The molecule has 0 radical (unpaired) electrons. The van der Waals surface area contributed by atoms with E-state index in [1.807, 2.05) is 27.8 Å². The third-order valence-corrected chi connectivity index (χ3v) is 2.60. The Morgan fingerprint density at radius 2 is 1.67 bits per heavy atom. The molecule has 1 rings (SSSR count). The van der Waals surface area contributed by atoms with Crippen LogP contribution in [-0.2, 0) is 10.2 Å². The summed E-state index contributed by atoms with van der Waals surface area (Å²) in [4.78, 5) is 20.8. The van der Waals surface area contributed by atoms with E-state index in [2.05, 4.69) is 46.7 Å². The number of hydrogen-bond acceptors (Lipinski definition) is 5. The molecule has 1 heterocycles. The Labute approximate surface area is 127 Å². The Morgan fingerprint density at radius 1 is 1.10 bits per heavy atom. The van der Waals surface area contributed by atoms with Crippen LogP contribution in [0.2, 0.25) is 0 Å². The maximum Gasteiger partial charge on any atom is 0.239 e. The maximum absolute atomic E-state index is 11.8. The third kappa shape index (κ3) is 5.97. The molecule has 0 fully saturated rings. The van der Waals surface area contributed by atoms with Crippen LogP contribution in [0, 0.1) is 0 Å². The van der Waals surface area contributed by atoms with Crippen molar-refractivity contribution in [2.45, 2.75) is 52.5 Å². The van der Waals surface area contributed by atoms with Crippen LogP contribution >= 0.6 is 0 Å². The van der Waals surface area contributed by atoms with Crippen molar-refractivity contribution in [2.24, 2.45) is 0 Å². The summed E-state index contributed by atoms with van der Waals surface area (Å²) in [7, 11) is 1.81. The topological polar surface area (TPSA) is 78.9 Å². The normalized spacial score (nSPS) is 12.0. The van der Waals surface area contributed by atoms with Crippen molar-refractivity contribution in [1.29, 1.82) is 0 Å². The Bertz CT molecular complexity index is 500. The maximum atomic E-state index is 11.8. The van der Waals surface area contributed by atoms with Crippen molar-refractivity contribution in [2.75, 3.05) is 24.2 Å². The average Bonchev–Trinajstić information content (AvgIpc) is 2.33. The number of aromatic nitrogens is 2. The summed E-state index contributed by atoms with van der Waals surface area (Å²) in [5.41, 5.74) is -0.395. The second kappa shape index (κ2) is 6.28. The predicted molar refractivity (Wildman–Crippen MR) is 86.7 cm³/mol. The van der Waals surface area contributed by atoms with Gasteiger partial charge in [0.05, 0.1) is 6.54 Å². The molecule has 0 aliphatic rings. The first-order valence-corrected chi connectivity index (χ1v) is 7.13. The molecule has 0 saturated carbocycles. The van der Waals surface area contributed by atoms with Crippen LogP contribution in [-0.4, -0.2) is 35.0 Å². The van der Waals surface area contributed by atoms with E-state index in [0.29, 0.717) is 5.82 Å². The van der Waals surface area contributed by atoms with Gasteiger partial charge >= 0.3 is 0 Å². The molecular weight excluding hydrogens is 266 g/mol. The van der Waals surface area contributed by atoms with Gasteiger partial charge in [0.2, 0.25) is 5.91 Å². The first kappa shape index (κ1) is 17.2. The zero-order valence-corrected chi connectivity index (χ0v) is 14.1. The fraction of sp³-hybridized carbons (Fsp3) is 0.667. The van der Waals surface area contributed by atoms with Gasteiger partial charge in [-0.15, -0.1) is 0 Å². The fourth-order valence-electron chi connectivity index (χ4n) is 1.63. The minimum Gasteiger partial charge on any atom is -0.373 e. The summed E-state index contributed by atoms with van der Waals surface area (Å²) >= 11 is 0. The summed E-state index contributed by atoms with van der Waals surface area (Å²) in [6.45, 7) is 12.2. The Morgan fingerprint density at radius 3 is 2.14 bits per heavy atom. The van der Waals surface area contributed by atoms with Gasteiger partial charge in [0.25, 0.3) is 0 Å². The molecule has 0 aliphatic carbocycles. The van der Waals surface area contributed by atoms with Crippen LogP contribution in [0.1, 0.15) is 47.4 Å². The van der Waals surface area contributed by atoms with Gasteiger partial charge in [-0.25, -0.2) is 9.97 Å². The Kier molecular flexibility index (Phi) is 5.15. The van der Waals surface area contributed by atoms with E-state index in [0.717, 1.165) is 11.6 Å². The number of carbonyl (C=O) groups excluding carboxylic acids is 1. The van der Waals surface area contributed by atoms with Crippen molar-refractivity contribution >= 4 is 17.5 Å². The molecule has 0 aromatic carbocycles. The molecule has 0 spiro atoms. The van der Waals surface area contributed by atoms with Crippen LogP contribution in [0.15, 0.2) is 6.07 Å². The monoisotopic (exact) mass is 293 g/mol. The first-order valence-electron chi connectivity index (χ1n) is 7.13. The molecule has 0 unspecified atom stereocenters. The first-order chi connectivity index (χ1) is 9.51. The van der Waals surface area contributed by atoms with Crippen LogP contribution in [0.4, 0.5) is 11.6 Å². The largest absolute Gasteiger partial charge is 0.373 e. The fourth-order valence-corrected chi connectivity index (χ4v) is 1.63. The number of nitrogens with zero attached hydrogens (tertiary/aromatic N) is 2. The highest BCUT2D eigenvalue weighted by Gasteiger charge is 2.19. The molecule has 1 amide bonds. The van der Waals surface area contributed by atoms with Gasteiger partial charge in [-0.05, 0) is 20.8 Å². The highest BCUT2D eigenvalue weighted by atomic mass is 16.2. The summed E-state index contributed by atoms with van der Waals surface area (Å²) < 4.78 is 0. The molecule has 0 bridgehead atoms. The van der Waals surface area contributed by atoms with E-state index in [9.17, 15) is 4.79 Å². The molecule has 0 atom stereocenters. The summed E-state index contributed by atoms with van der Waals surface area (Å²) in [6, 6.07) is 1.79. The van der Waals surface area contributed by atoms with Crippen molar-refractivity contribution in [3.05, 3.63) is 11.9 Å². The number of carbonyl (C=O) groups is 1. The van der Waals surface area contributed by atoms with Crippen molar-refractivity contribution in [1.82, 2.24) is 15.3 Å². The minimum atomic E-state index is -0.239. The van der Waals surface area contributed by atoms with E-state index in [1.54, 1.807) is 6.07 Å². The number of rotatable bonds is 4. The van der Waals surface area contributed by atoms with Gasteiger partial charge in [-0.3, -0.25) is 4.79 Å². The van der Waals surface area contributed by atoms with Crippen LogP contribution in [0.3, 0.4) is 0 Å². The molecule has 1 aromatic rings. The zero-order chi connectivity index (χ0) is 16.3. The number of amides is 1. The number of anilines is 2. The molecular formula is C15H27N5O. The second-order valence-electron chi connectivity index (χ2n) is 7.11. The molecule has 6 nitrogen and oxygen atoms in total. The van der Waals surface area contributed by atoms with Crippen LogP contribution in [0.25, 0.3) is 0 Å². The molecule has 21 heavy (non-hydrogen) atoms. The highest BCUT2D eigenvalue weighted by Crippen LogP contribution is 2.21. The van der Waals surface area contributed by atoms with Gasteiger partial charge in [0.1, 0.15) is 17.5 Å². The lowest BCUT2D eigenvalue weighted by Gasteiger charge is -2.21. The van der Waals surface area contributed by atoms with Gasteiger partial charge in [0, 0.05) is 24.1 Å². The van der Waals surface area contributed by atoms with E-state index in [-0.39, 0.29) is 23.4 Å². The average molecular weight is 293 g/mol. The van der Waals surface area contributed by atoms with E-state index in [4.69, 9.17) is 0 Å².